The third kappa shape index (κ3) is 3.41. The molecule has 0 bridgehead atoms. The number of hydrogen-bond donors (Lipinski definition) is 1. The highest BCUT2D eigenvalue weighted by molar-refractivity contribution is 6.33. The maximum Gasteiger partial charge on any atom is 0.0994 e. The minimum Gasteiger partial charge on any atom is -0.381 e. The zero-order valence-corrected chi connectivity index (χ0v) is 11.9. The summed E-state index contributed by atoms with van der Waals surface area (Å²) < 4.78 is 0. The third-order valence-electron chi connectivity index (χ3n) is 2.84. The van der Waals surface area contributed by atoms with E-state index in [2.05, 4.69) is 11.4 Å². The molecule has 2 rings (SSSR count). The van der Waals surface area contributed by atoms with Crippen LogP contribution in [-0.2, 0) is 6.54 Å². The van der Waals surface area contributed by atoms with Gasteiger partial charge < -0.3 is 5.32 Å². The second-order valence-corrected chi connectivity index (χ2v) is 5.07. The maximum atomic E-state index is 8.88. The lowest BCUT2D eigenvalue weighted by atomic mass is 10.1. The molecule has 0 saturated heterocycles. The Morgan fingerprint density at radius 3 is 2.63 bits per heavy atom. The molecule has 0 amide bonds. The first kappa shape index (κ1) is 13.7. The predicted octanol–water partition coefficient (Wildman–Crippen LogP) is 4.79. The van der Waals surface area contributed by atoms with Crippen LogP contribution >= 0.6 is 23.2 Å². The minimum absolute atomic E-state index is 0.588. The normalized spacial score (nSPS) is 10.0. The molecule has 96 valence electrons. The van der Waals surface area contributed by atoms with Crippen LogP contribution in [0.2, 0.25) is 10.0 Å². The Bertz CT molecular complexity index is 645. The molecule has 0 fully saturated rings. The van der Waals surface area contributed by atoms with E-state index >= 15 is 0 Å². The summed E-state index contributed by atoms with van der Waals surface area (Å²) in [6.45, 7) is 2.50. The van der Waals surface area contributed by atoms with E-state index in [4.69, 9.17) is 28.5 Å². The lowest BCUT2D eigenvalue weighted by Crippen LogP contribution is -2.00. The monoisotopic (exact) mass is 290 g/mol. The minimum atomic E-state index is 0.588. The Morgan fingerprint density at radius 2 is 1.95 bits per heavy atom. The molecular formula is C15H12Cl2N2. The summed E-state index contributed by atoms with van der Waals surface area (Å²) in [6.07, 6.45) is 0. The largest absolute Gasteiger partial charge is 0.381 e. The van der Waals surface area contributed by atoms with Crippen LogP contribution in [0.5, 0.6) is 0 Å². The van der Waals surface area contributed by atoms with Gasteiger partial charge in [0, 0.05) is 22.3 Å². The van der Waals surface area contributed by atoms with Gasteiger partial charge in [-0.2, -0.15) is 5.26 Å². The van der Waals surface area contributed by atoms with E-state index < -0.39 is 0 Å². The van der Waals surface area contributed by atoms with Gasteiger partial charge in [-0.3, -0.25) is 0 Å². The molecule has 0 aromatic heterocycles. The van der Waals surface area contributed by atoms with Crippen molar-refractivity contribution in [1.82, 2.24) is 0 Å². The zero-order valence-electron chi connectivity index (χ0n) is 10.4. The predicted molar refractivity (Wildman–Crippen MR) is 79.7 cm³/mol. The standard InChI is InChI=1S/C15H12Cl2N2/c1-10-6-14(4-2-11(10)8-18)19-9-12-7-13(16)3-5-15(12)17/h2-7,19H,9H2,1H3. The van der Waals surface area contributed by atoms with Gasteiger partial charge in [0.05, 0.1) is 11.6 Å². The molecule has 0 unspecified atom stereocenters. The maximum absolute atomic E-state index is 8.88. The van der Waals surface area contributed by atoms with E-state index in [0.29, 0.717) is 22.2 Å². The van der Waals surface area contributed by atoms with Crippen LogP contribution in [0, 0.1) is 18.3 Å². The number of hydrogen-bond acceptors (Lipinski definition) is 2. The van der Waals surface area contributed by atoms with Crippen LogP contribution in [0.4, 0.5) is 5.69 Å². The van der Waals surface area contributed by atoms with Crippen molar-refractivity contribution < 1.29 is 0 Å². The first-order valence-electron chi connectivity index (χ1n) is 5.78. The molecule has 4 heteroatoms. The fourth-order valence-corrected chi connectivity index (χ4v) is 2.15. The van der Waals surface area contributed by atoms with E-state index in [1.54, 1.807) is 18.2 Å². The fraction of sp³-hybridized carbons (Fsp3) is 0.133. The van der Waals surface area contributed by atoms with Gasteiger partial charge in [-0.1, -0.05) is 23.2 Å². The van der Waals surface area contributed by atoms with Crippen molar-refractivity contribution >= 4 is 28.9 Å². The lowest BCUT2D eigenvalue weighted by Gasteiger charge is -2.09. The topological polar surface area (TPSA) is 35.8 Å². The zero-order chi connectivity index (χ0) is 13.8. The van der Waals surface area contributed by atoms with Gasteiger partial charge in [0.1, 0.15) is 0 Å². The number of nitrogens with one attached hydrogen (secondary N) is 1. The lowest BCUT2D eigenvalue weighted by molar-refractivity contribution is 1.15. The number of nitriles is 1. The van der Waals surface area contributed by atoms with E-state index in [-0.39, 0.29) is 0 Å². The average Bonchev–Trinajstić information content (AvgIpc) is 2.40. The molecule has 0 heterocycles. The van der Waals surface area contributed by atoms with Crippen LogP contribution in [0.15, 0.2) is 36.4 Å². The van der Waals surface area contributed by atoms with Gasteiger partial charge in [0.15, 0.2) is 0 Å². The van der Waals surface area contributed by atoms with Gasteiger partial charge in [0.25, 0.3) is 0 Å². The van der Waals surface area contributed by atoms with E-state index in [1.807, 2.05) is 25.1 Å². The Morgan fingerprint density at radius 1 is 1.16 bits per heavy atom. The molecule has 0 spiro atoms. The summed E-state index contributed by atoms with van der Waals surface area (Å²) in [5.41, 5.74) is 3.53. The first-order chi connectivity index (χ1) is 9.10. The molecule has 0 saturated carbocycles. The number of halogens is 2. The van der Waals surface area contributed by atoms with Crippen LogP contribution in [0.3, 0.4) is 0 Å². The van der Waals surface area contributed by atoms with Crippen molar-refractivity contribution in [3.05, 3.63) is 63.1 Å². The van der Waals surface area contributed by atoms with Crippen molar-refractivity contribution in [2.75, 3.05) is 5.32 Å². The molecule has 19 heavy (non-hydrogen) atoms. The highest BCUT2D eigenvalue weighted by Crippen LogP contribution is 2.22. The van der Waals surface area contributed by atoms with Crippen molar-refractivity contribution in [2.24, 2.45) is 0 Å². The molecule has 0 atom stereocenters. The van der Waals surface area contributed by atoms with Crippen molar-refractivity contribution in [3.8, 4) is 6.07 Å². The van der Waals surface area contributed by atoms with Crippen LogP contribution < -0.4 is 5.32 Å². The molecular weight excluding hydrogens is 279 g/mol. The van der Waals surface area contributed by atoms with Crippen LogP contribution in [0.25, 0.3) is 0 Å². The van der Waals surface area contributed by atoms with Gasteiger partial charge in [0.2, 0.25) is 0 Å². The van der Waals surface area contributed by atoms with Crippen molar-refractivity contribution in [2.45, 2.75) is 13.5 Å². The highest BCUT2D eigenvalue weighted by Gasteiger charge is 2.03. The Balaban J connectivity index is 2.13. The Hall–Kier alpha value is -1.69. The molecule has 1 N–H and O–H groups in total. The first-order valence-corrected chi connectivity index (χ1v) is 6.54. The van der Waals surface area contributed by atoms with Crippen molar-refractivity contribution in [1.29, 1.82) is 5.26 Å². The van der Waals surface area contributed by atoms with Gasteiger partial charge in [-0.15, -0.1) is 0 Å². The van der Waals surface area contributed by atoms with E-state index in [1.165, 1.54) is 0 Å². The molecule has 0 aliphatic rings. The van der Waals surface area contributed by atoms with Crippen LogP contribution in [-0.4, -0.2) is 0 Å². The van der Waals surface area contributed by atoms with E-state index in [0.717, 1.165) is 16.8 Å². The summed E-state index contributed by atoms with van der Waals surface area (Å²) in [5, 5.41) is 13.5. The molecule has 0 aliphatic carbocycles. The van der Waals surface area contributed by atoms with Gasteiger partial charge >= 0.3 is 0 Å². The Labute approximate surface area is 122 Å². The molecule has 2 aromatic rings. The van der Waals surface area contributed by atoms with Gasteiger partial charge in [-0.05, 0) is 54.4 Å². The highest BCUT2D eigenvalue weighted by atomic mass is 35.5. The molecule has 0 radical (unpaired) electrons. The van der Waals surface area contributed by atoms with Gasteiger partial charge in [-0.25, -0.2) is 0 Å². The number of aryl methyl sites for hydroxylation is 1. The van der Waals surface area contributed by atoms with Crippen LogP contribution in [0.1, 0.15) is 16.7 Å². The summed E-state index contributed by atoms with van der Waals surface area (Å²) in [6, 6.07) is 13.2. The summed E-state index contributed by atoms with van der Waals surface area (Å²) in [4.78, 5) is 0. The summed E-state index contributed by atoms with van der Waals surface area (Å²) >= 11 is 12.0. The smallest absolute Gasteiger partial charge is 0.0994 e. The third-order valence-corrected chi connectivity index (χ3v) is 3.44. The quantitative estimate of drug-likeness (QED) is 0.882. The number of rotatable bonds is 3. The number of nitrogens with zero attached hydrogens (tertiary/aromatic N) is 1. The molecule has 2 aromatic carbocycles. The summed E-state index contributed by atoms with van der Waals surface area (Å²) in [5.74, 6) is 0. The number of anilines is 1. The SMILES string of the molecule is Cc1cc(NCc2cc(Cl)ccc2Cl)ccc1C#N. The second-order valence-electron chi connectivity index (χ2n) is 4.23. The number of benzene rings is 2. The second kappa shape index (κ2) is 5.97. The van der Waals surface area contributed by atoms with Crippen molar-refractivity contribution in [3.63, 3.8) is 0 Å². The fourth-order valence-electron chi connectivity index (χ4n) is 1.78. The Kier molecular flexibility index (Phi) is 4.31. The molecule has 0 aliphatic heterocycles. The average molecular weight is 291 g/mol. The molecule has 2 nitrogen and oxygen atoms in total. The van der Waals surface area contributed by atoms with E-state index in [9.17, 15) is 0 Å². The summed E-state index contributed by atoms with van der Waals surface area (Å²) in [7, 11) is 0.